The predicted octanol–water partition coefficient (Wildman–Crippen LogP) is 0.131. The van der Waals surface area contributed by atoms with E-state index in [9.17, 15) is 9.59 Å². The van der Waals surface area contributed by atoms with E-state index >= 15 is 0 Å². The molecule has 1 saturated carbocycles. The summed E-state index contributed by atoms with van der Waals surface area (Å²) in [5, 5.41) is 14.8. The quantitative estimate of drug-likeness (QED) is 0.713. The maximum absolute atomic E-state index is 11.6. The lowest BCUT2D eigenvalue weighted by molar-refractivity contribution is -0.131. The maximum atomic E-state index is 11.6. The van der Waals surface area contributed by atoms with Gasteiger partial charge in [-0.3, -0.25) is 4.79 Å². The van der Waals surface area contributed by atoms with Gasteiger partial charge in [0.25, 0.3) is 5.91 Å². The molecule has 88 valence electrons. The second-order valence-corrected chi connectivity index (χ2v) is 4.16. The lowest BCUT2D eigenvalue weighted by Crippen LogP contribution is -2.37. The van der Waals surface area contributed by atoms with Crippen molar-refractivity contribution in [3.63, 3.8) is 0 Å². The molecule has 0 aromatic carbocycles. The molecule has 1 aliphatic heterocycles. The number of carbonyl (C=O) groups excluding carboxylic acids is 1. The smallest absolute Gasteiger partial charge is 0.353 e. The van der Waals surface area contributed by atoms with Crippen LogP contribution in [-0.2, 0) is 14.4 Å². The third-order valence-corrected chi connectivity index (χ3v) is 2.98. The van der Waals surface area contributed by atoms with Gasteiger partial charge in [0.2, 0.25) is 6.10 Å². The zero-order valence-corrected chi connectivity index (χ0v) is 8.97. The van der Waals surface area contributed by atoms with Crippen LogP contribution in [0, 0.1) is 5.92 Å². The summed E-state index contributed by atoms with van der Waals surface area (Å²) in [6, 6.07) is 0.231. The van der Waals surface area contributed by atoms with E-state index in [-0.39, 0.29) is 24.1 Å². The zero-order valence-electron chi connectivity index (χ0n) is 8.97. The summed E-state index contributed by atoms with van der Waals surface area (Å²) in [4.78, 5) is 27.0. The Balaban J connectivity index is 1.78. The summed E-state index contributed by atoms with van der Waals surface area (Å²) in [5.74, 6) is -0.834. The molecule has 6 nitrogen and oxygen atoms in total. The van der Waals surface area contributed by atoms with Gasteiger partial charge in [0.1, 0.15) is 0 Å². The van der Waals surface area contributed by atoms with Gasteiger partial charge >= 0.3 is 5.97 Å². The van der Waals surface area contributed by atoms with Crippen LogP contribution >= 0.6 is 0 Å². The van der Waals surface area contributed by atoms with E-state index in [1.54, 1.807) is 0 Å². The average Bonchev–Trinajstić information content (AvgIpc) is 2.80. The van der Waals surface area contributed by atoms with Crippen LogP contribution in [0.4, 0.5) is 0 Å². The van der Waals surface area contributed by atoms with Gasteiger partial charge in [-0.2, -0.15) is 0 Å². The molecule has 0 aromatic rings. The Morgan fingerprint density at radius 2 is 2.38 bits per heavy atom. The largest absolute Gasteiger partial charge is 0.477 e. The number of aliphatic carboxylic acids is 1. The molecule has 1 fully saturated rings. The molecule has 3 unspecified atom stereocenters. The Labute approximate surface area is 92.6 Å². The number of rotatable bonds is 4. The first-order valence-corrected chi connectivity index (χ1v) is 5.38. The van der Waals surface area contributed by atoms with Gasteiger partial charge in [0, 0.05) is 12.5 Å². The molecule has 2 rings (SSSR count). The van der Waals surface area contributed by atoms with E-state index in [4.69, 9.17) is 9.94 Å². The average molecular weight is 226 g/mol. The van der Waals surface area contributed by atoms with Crippen LogP contribution in [0.25, 0.3) is 0 Å². The second-order valence-electron chi connectivity index (χ2n) is 4.16. The summed E-state index contributed by atoms with van der Waals surface area (Å²) in [5.41, 5.74) is -0.0945. The Morgan fingerprint density at radius 3 is 2.88 bits per heavy atom. The van der Waals surface area contributed by atoms with Crippen LogP contribution in [0.15, 0.2) is 5.16 Å². The summed E-state index contributed by atoms with van der Waals surface area (Å²) in [7, 11) is 0. The highest BCUT2D eigenvalue weighted by atomic mass is 16.6. The number of carboxylic acid groups (broad SMARTS) is 1. The summed E-state index contributed by atoms with van der Waals surface area (Å²) in [6.45, 7) is 2.08. The molecule has 1 amide bonds. The van der Waals surface area contributed by atoms with Crippen molar-refractivity contribution in [3.05, 3.63) is 0 Å². The number of hydrogen-bond donors (Lipinski definition) is 2. The molecule has 0 aromatic heterocycles. The molecular weight excluding hydrogens is 212 g/mol. The van der Waals surface area contributed by atoms with Crippen molar-refractivity contribution in [3.8, 4) is 0 Å². The number of amides is 1. The molecule has 2 N–H and O–H groups in total. The van der Waals surface area contributed by atoms with Crippen molar-refractivity contribution in [1.82, 2.24) is 5.32 Å². The Bertz CT molecular complexity index is 353. The maximum Gasteiger partial charge on any atom is 0.353 e. The number of carbonyl (C=O) groups is 2. The van der Waals surface area contributed by atoms with Gasteiger partial charge in [-0.1, -0.05) is 18.5 Å². The Kier molecular flexibility index (Phi) is 2.80. The van der Waals surface area contributed by atoms with Crippen molar-refractivity contribution < 1.29 is 19.5 Å². The Morgan fingerprint density at radius 1 is 1.62 bits per heavy atom. The van der Waals surface area contributed by atoms with Gasteiger partial charge in [-0.15, -0.1) is 0 Å². The molecule has 0 radical (unpaired) electrons. The minimum absolute atomic E-state index is 0.0463. The van der Waals surface area contributed by atoms with Gasteiger partial charge in [0.05, 0.1) is 0 Å². The zero-order chi connectivity index (χ0) is 11.7. The van der Waals surface area contributed by atoms with E-state index in [0.717, 1.165) is 12.8 Å². The van der Waals surface area contributed by atoms with Crippen LogP contribution < -0.4 is 5.32 Å². The number of oxime groups is 1. The second kappa shape index (κ2) is 4.11. The SMILES string of the molecule is CCC1CC1NC(=O)C1CC(C(=O)O)=NO1. The third-order valence-electron chi connectivity index (χ3n) is 2.98. The molecule has 3 atom stereocenters. The van der Waals surface area contributed by atoms with Crippen molar-refractivity contribution in [1.29, 1.82) is 0 Å². The molecule has 0 saturated heterocycles. The minimum Gasteiger partial charge on any atom is -0.477 e. The molecule has 1 heterocycles. The highest BCUT2D eigenvalue weighted by Crippen LogP contribution is 2.33. The number of nitrogens with zero attached hydrogens (tertiary/aromatic N) is 1. The fraction of sp³-hybridized carbons (Fsp3) is 0.700. The van der Waals surface area contributed by atoms with Gasteiger partial charge in [-0.05, 0) is 12.3 Å². The standard InChI is InChI=1S/C10H14N2O4/c1-2-5-3-6(5)11-9(13)8-4-7(10(14)15)12-16-8/h5-6,8H,2-4H2,1H3,(H,11,13)(H,14,15). The van der Waals surface area contributed by atoms with E-state index in [2.05, 4.69) is 17.4 Å². The molecule has 0 spiro atoms. The van der Waals surface area contributed by atoms with E-state index in [1.165, 1.54) is 0 Å². The van der Waals surface area contributed by atoms with E-state index in [0.29, 0.717) is 5.92 Å². The lowest BCUT2D eigenvalue weighted by atomic mass is 10.1. The molecule has 0 bridgehead atoms. The van der Waals surface area contributed by atoms with E-state index < -0.39 is 12.1 Å². The summed E-state index contributed by atoms with van der Waals surface area (Å²) in [6.07, 6.45) is 1.32. The third kappa shape index (κ3) is 2.15. The first-order valence-electron chi connectivity index (χ1n) is 5.38. The number of carboxylic acids is 1. The summed E-state index contributed by atoms with van der Waals surface area (Å²) >= 11 is 0. The van der Waals surface area contributed by atoms with Crippen LogP contribution in [-0.4, -0.2) is 34.8 Å². The van der Waals surface area contributed by atoms with Crippen LogP contribution in [0.2, 0.25) is 0 Å². The monoisotopic (exact) mass is 226 g/mol. The van der Waals surface area contributed by atoms with Gasteiger partial charge in [0.15, 0.2) is 5.71 Å². The topological polar surface area (TPSA) is 88.0 Å². The Hall–Kier alpha value is -1.59. The molecule has 1 aliphatic carbocycles. The highest BCUT2D eigenvalue weighted by molar-refractivity contribution is 6.36. The molecular formula is C10H14N2O4. The molecule has 16 heavy (non-hydrogen) atoms. The van der Waals surface area contributed by atoms with E-state index in [1.807, 2.05) is 0 Å². The van der Waals surface area contributed by atoms with Crippen molar-refractivity contribution in [2.75, 3.05) is 0 Å². The van der Waals surface area contributed by atoms with Crippen molar-refractivity contribution in [2.45, 2.75) is 38.3 Å². The van der Waals surface area contributed by atoms with Crippen molar-refractivity contribution in [2.24, 2.45) is 11.1 Å². The fourth-order valence-electron chi connectivity index (χ4n) is 1.80. The van der Waals surface area contributed by atoms with Crippen molar-refractivity contribution >= 4 is 17.6 Å². The van der Waals surface area contributed by atoms with Crippen LogP contribution in [0.5, 0.6) is 0 Å². The first-order chi connectivity index (χ1) is 7.61. The normalized spacial score (nSPS) is 31.6. The van der Waals surface area contributed by atoms with Crippen LogP contribution in [0.1, 0.15) is 26.2 Å². The summed E-state index contributed by atoms with van der Waals surface area (Å²) < 4.78 is 0. The van der Waals surface area contributed by atoms with Gasteiger partial charge in [-0.25, -0.2) is 4.79 Å². The van der Waals surface area contributed by atoms with Crippen LogP contribution in [0.3, 0.4) is 0 Å². The lowest BCUT2D eigenvalue weighted by Gasteiger charge is -2.08. The van der Waals surface area contributed by atoms with Gasteiger partial charge < -0.3 is 15.3 Å². The highest BCUT2D eigenvalue weighted by Gasteiger charge is 2.40. The minimum atomic E-state index is -1.13. The molecule has 6 heteroatoms. The number of hydrogen-bond acceptors (Lipinski definition) is 4. The first kappa shape index (κ1) is 10.9. The molecule has 2 aliphatic rings. The fourth-order valence-corrected chi connectivity index (χ4v) is 1.80. The number of nitrogens with one attached hydrogen (secondary N) is 1. The predicted molar refractivity (Wildman–Crippen MR) is 54.9 cm³/mol.